The summed E-state index contributed by atoms with van der Waals surface area (Å²) < 4.78 is 27.1. The van der Waals surface area contributed by atoms with E-state index in [4.69, 9.17) is 0 Å². The number of nitrogens with one attached hydrogen (secondary N) is 3. The van der Waals surface area contributed by atoms with Gasteiger partial charge in [0.15, 0.2) is 0 Å². The summed E-state index contributed by atoms with van der Waals surface area (Å²) in [6.45, 7) is 3.52. The fourth-order valence-corrected chi connectivity index (χ4v) is 4.83. The predicted molar refractivity (Wildman–Crippen MR) is 91.1 cm³/mol. The lowest BCUT2D eigenvalue weighted by Gasteiger charge is -2.25. The molecule has 0 unspecified atom stereocenters. The Morgan fingerprint density at radius 3 is 2.71 bits per heavy atom. The first-order valence-electron chi connectivity index (χ1n) is 8.39. The summed E-state index contributed by atoms with van der Waals surface area (Å²) in [5.74, 6) is 1.36. The molecule has 0 aliphatic heterocycles. The molecule has 3 atom stereocenters. The second-order valence-corrected chi connectivity index (χ2v) is 8.68. The molecule has 2 amide bonds. The quantitative estimate of drug-likeness (QED) is 0.753. The van der Waals surface area contributed by atoms with Crippen LogP contribution in [0.3, 0.4) is 0 Å². The normalized spacial score (nSPS) is 25.7. The SMILES string of the molecule is CC(C)NC(=O)NS(=O)(=O)c1cnccc1N[C@H]1C[C@H]2CC[C@@H]1C2. The van der Waals surface area contributed by atoms with Gasteiger partial charge in [0.05, 0.1) is 5.69 Å². The molecule has 8 heteroatoms. The molecule has 132 valence electrons. The largest absolute Gasteiger partial charge is 0.381 e. The molecule has 0 saturated heterocycles. The van der Waals surface area contributed by atoms with Crippen molar-refractivity contribution in [3.8, 4) is 0 Å². The lowest BCUT2D eigenvalue weighted by atomic mass is 9.95. The van der Waals surface area contributed by atoms with Gasteiger partial charge in [0, 0.05) is 24.5 Å². The summed E-state index contributed by atoms with van der Waals surface area (Å²) in [5, 5.41) is 5.88. The standard InChI is InChI=1S/C16H24N4O3S/c1-10(2)18-16(21)20-24(22,23)15-9-17-6-5-13(15)19-14-8-11-3-4-12(14)7-11/h5-6,9-12,14H,3-4,7-8H2,1-2H3,(H,17,19)(H2,18,20,21)/t11-,12+,14-/m0/s1. The van der Waals surface area contributed by atoms with Gasteiger partial charge in [-0.15, -0.1) is 0 Å². The van der Waals surface area contributed by atoms with Crippen molar-refractivity contribution >= 4 is 21.7 Å². The maximum atomic E-state index is 12.5. The number of nitrogens with zero attached hydrogens (tertiary/aromatic N) is 1. The van der Waals surface area contributed by atoms with Crippen LogP contribution >= 0.6 is 0 Å². The van der Waals surface area contributed by atoms with Crippen LogP contribution in [-0.2, 0) is 10.0 Å². The number of aromatic nitrogens is 1. The van der Waals surface area contributed by atoms with Gasteiger partial charge in [-0.2, -0.15) is 0 Å². The minimum Gasteiger partial charge on any atom is -0.381 e. The maximum absolute atomic E-state index is 12.5. The third-order valence-corrected chi connectivity index (χ3v) is 6.16. The highest BCUT2D eigenvalue weighted by Gasteiger charge is 2.40. The Morgan fingerprint density at radius 1 is 1.29 bits per heavy atom. The molecule has 2 aliphatic rings. The van der Waals surface area contributed by atoms with Crippen molar-refractivity contribution < 1.29 is 13.2 Å². The van der Waals surface area contributed by atoms with Crippen molar-refractivity contribution in [2.75, 3.05) is 5.32 Å². The van der Waals surface area contributed by atoms with E-state index in [2.05, 4.69) is 15.6 Å². The van der Waals surface area contributed by atoms with E-state index in [1.807, 2.05) is 4.72 Å². The lowest BCUT2D eigenvalue weighted by Crippen LogP contribution is -2.42. The topological polar surface area (TPSA) is 100 Å². The van der Waals surface area contributed by atoms with E-state index in [1.165, 1.54) is 25.5 Å². The summed E-state index contributed by atoms with van der Waals surface area (Å²) in [7, 11) is -3.98. The first-order chi connectivity index (χ1) is 11.3. The van der Waals surface area contributed by atoms with Crippen LogP contribution in [-0.4, -0.2) is 31.5 Å². The Morgan fingerprint density at radius 2 is 2.08 bits per heavy atom. The van der Waals surface area contributed by atoms with Crippen LogP contribution in [0.5, 0.6) is 0 Å². The third-order valence-electron chi connectivity index (χ3n) is 4.80. The van der Waals surface area contributed by atoms with Crippen molar-refractivity contribution in [2.45, 2.75) is 56.5 Å². The highest BCUT2D eigenvalue weighted by molar-refractivity contribution is 7.90. The number of carbonyl (C=O) groups is 1. The molecular weight excluding hydrogens is 328 g/mol. The van der Waals surface area contributed by atoms with Gasteiger partial charge in [-0.25, -0.2) is 17.9 Å². The van der Waals surface area contributed by atoms with Crippen LogP contribution in [0, 0.1) is 11.8 Å². The molecule has 0 radical (unpaired) electrons. The molecule has 1 heterocycles. The van der Waals surface area contributed by atoms with E-state index in [0.29, 0.717) is 17.6 Å². The summed E-state index contributed by atoms with van der Waals surface area (Å²) in [6, 6.07) is 1.06. The smallest absolute Gasteiger partial charge is 0.328 e. The van der Waals surface area contributed by atoms with Crippen LogP contribution in [0.2, 0.25) is 0 Å². The first kappa shape index (κ1) is 17.0. The van der Waals surface area contributed by atoms with Gasteiger partial charge in [0.1, 0.15) is 4.90 Å². The summed E-state index contributed by atoms with van der Waals surface area (Å²) >= 11 is 0. The van der Waals surface area contributed by atoms with Crippen LogP contribution in [0.25, 0.3) is 0 Å². The monoisotopic (exact) mass is 352 g/mol. The number of anilines is 1. The molecule has 1 aromatic rings. The second kappa shape index (κ2) is 6.58. The molecule has 2 saturated carbocycles. The molecule has 2 fully saturated rings. The number of carbonyl (C=O) groups excluding carboxylic acids is 1. The van der Waals surface area contributed by atoms with Gasteiger partial charge in [-0.1, -0.05) is 6.42 Å². The van der Waals surface area contributed by atoms with E-state index in [9.17, 15) is 13.2 Å². The average molecular weight is 352 g/mol. The highest BCUT2D eigenvalue weighted by Crippen LogP contribution is 2.45. The number of urea groups is 1. The molecule has 0 aromatic carbocycles. The molecule has 3 N–H and O–H groups in total. The molecule has 24 heavy (non-hydrogen) atoms. The Labute approximate surface area is 142 Å². The summed E-state index contributed by atoms with van der Waals surface area (Å²) in [4.78, 5) is 15.7. The number of rotatable bonds is 5. The zero-order chi connectivity index (χ0) is 17.3. The lowest BCUT2D eigenvalue weighted by molar-refractivity contribution is 0.243. The van der Waals surface area contributed by atoms with Gasteiger partial charge in [-0.05, 0) is 51.0 Å². The number of hydrogen-bond donors (Lipinski definition) is 3. The van der Waals surface area contributed by atoms with Gasteiger partial charge in [-0.3, -0.25) is 4.98 Å². The van der Waals surface area contributed by atoms with E-state index in [0.717, 1.165) is 12.3 Å². The molecular formula is C16H24N4O3S. The minimum absolute atomic E-state index is 0.00618. The Kier molecular flexibility index (Phi) is 4.67. The van der Waals surface area contributed by atoms with Crippen molar-refractivity contribution in [1.82, 2.24) is 15.0 Å². The van der Waals surface area contributed by atoms with Gasteiger partial charge in [0.25, 0.3) is 10.0 Å². The van der Waals surface area contributed by atoms with Crippen molar-refractivity contribution in [3.63, 3.8) is 0 Å². The Bertz CT molecular complexity index is 720. The van der Waals surface area contributed by atoms with Crippen molar-refractivity contribution in [2.24, 2.45) is 11.8 Å². The van der Waals surface area contributed by atoms with Crippen LogP contribution < -0.4 is 15.4 Å². The van der Waals surface area contributed by atoms with Crippen molar-refractivity contribution in [1.29, 1.82) is 0 Å². The molecule has 2 aliphatic carbocycles. The second-order valence-electron chi connectivity index (χ2n) is 7.03. The zero-order valence-corrected chi connectivity index (χ0v) is 14.8. The van der Waals surface area contributed by atoms with Crippen LogP contribution in [0.15, 0.2) is 23.4 Å². The number of fused-ring (bicyclic) bond motifs is 2. The van der Waals surface area contributed by atoms with Crippen LogP contribution in [0.4, 0.5) is 10.5 Å². The number of pyridine rings is 1. The Hall–Kier alpha value is -1.83. The maximum Gasteiger partial charge on any atom is 0.328 e. The summed E-state index contributed by atoms with van der Waals surface area (Å²) in [5.41, 5.74) is 0.507. The fourth-order valence-electron chi connectivity index (χ4n) is 3.80. The fraction of sp³-hybridized carbons (Fsp3) is 0.625. The van der Waals surface area contributed by atoms with E-state index >= 15 is 0 Å². The van der Waals surface area contributed by atoms with Gasteiger partial charge >= 0.3 is 6.03 Å². The number of hydrogen-bond acceptors (Lipinski definition) is 5. The predicted octanol–water partition coefficient (Wildman–Crippen LogP) is 2.08. The number of sulfonamides is 1. The van der Waals surface area contributed by atoms with E-state index in [-0.39, 0.29) is 10.9 Å². The third kappa shape index (κ3) is 3.63. The number of amides is 2. The van der Waals surface area contributed by atoms with Crippen LogP contribution in [0.1, 0.15) is 39.5 Å². The van der Waals surface area contributed by atoms with Crippen molar-refractivity contribution in [3.05, 3.63) is 18.5 Å². The first-order valence-corrected chi connectivity index (χ1v) is 9.87. The molecule has 3 rings (SSSR count). The van der Waals surface area contributed by atoms with Gasteiger partial charge in [0.2, 0.25) is 0 Å². The van der Waals surface area contributed by atoms with E-state index < -0.39 is 16.1 Å². The highest BCUT2D eigenvalue weighted by atomic mass is 32.2. The summed E-state index contributed by atoms with van der Waals surface area (Å²) in [6.07, 6.45) is 7.61. The Balaban J connectivity index is 1.77. The molecule has 1 aromatic heterocycles. The molecule has 0 spiro atoms. The molecule has 2 bridgehead atoms. The zero-order valence-electron chi connectivity index (χ0n) is 14.0. The van der Waals surface area contributed by atoms with E-state index in [1.54, 1.807) is 26.1 Å². The average Bonchev–Trinajstić information content (AvgIpc) is 3.08. The molecule has 7 nitrogen and oxygen atoms in total. The van der Waals surface area contributed by atoms with Gasteiger partial charge < -0.3 is 10.6 Å². The minimum atomic E-state index is -3.98.